The van der Waals surface area contributed by atoms with Crippen LogP contribution in [0.2, 0.25) is 0 Å². The average Bonchev–Trinajstić information content (AvgIpc) is 0.768. The van der Waals surface area contributed by atoms with Crippen molar-refractivity contribution in [1.29, 1.82) is 0 Å². The zero-order valence-electron chi connectivity index (χ0n) is 67.3. The van der Waals surface area contributed by atoms with Gasteiger partial charge < -0.3 is 52.1 Å². The Morgan fingerprint density at radius 2 is 0.486 bits per heavy atom. The molecule has 600 valence electrons. The summed E-state index contributed by atoms with van der Waals surface area (Å²) in [6, 6.07) is 60.3. The van der Waals surface area contributed by atoms with Crippen molar-refractivity contribution in [3.05, 3.63) is 215 Å². The average molecular weight is 1500 g/mol. The zero-order valence-corrected chi connectivity index (χ0v) is 67.3. The molecule has 2 aliphatic rings. The summed E-state index contributed by atoms with van der Waals surface area (Å²) in [6.07, 6.45) is 28.5. The second kappa shape index (κ2) is 55.4. The van der Waals surface area contributed by atoms with Crippen LogP contribution in [-0.4, -0.2) is 86.6 Å². The van der Waals surface area contributed by atoms with Crippen molar-refractivity contribution in [3.63, 3.8) is 0 Å². The van der Waals surface area contributed by atoms with E-state index in [2.05, 4.69) is 27.7 Å². The molecule has 0 N–H and O–H groups in total. The molecule has 0 saturated carbocycles. The molecule has 0 radical (unpaired) electrons. The van der Waals surface area contributed by atoms with E-state index in [-0.39, 0.29) is 76.6 Å². The zero-order chi connectivity index (χ0) is 76.2. The van der Waals surface area contributed by atoms with E-state index in [9.17, 15) is 9.59 Å². The van der Waals surface area contributed by atoms with Gasteiger partial charge in [-0.25, -0.2) is 0 Å². The van der Waals surface area contributed by atoms with Gasteiger partial charge in [-0.1, -0.05) is 389 Å². The fourth-order valence-corrected chi connectivity index (χ4v) is 15.3. The van der Waals surface area contributed by atoms with E-state index in [0.717, 1.165) is 110 Å². The predicted molar refractivity (Wildman–Crippen MR) is 437 cm³/mol. The third kappa shape index (κ3) is 35.2. The second-order valence-electron chi connectivity index (χ2n) is 30.9. The summed E-state index contributed by atoms with van der Waals surface area (Å²) in [4.78, 5) is 29.6. The first-order valence-electron chi connectivity index (χ1n) is 43.0. The molecule has 0 aliphatic carbocycles. The van der Waals surface area contributed by atoms with Crippen LogP contribution in [0, 0.1) is 11.8 Å². The van der Waals surface area contributed by atoms with Gasteiger partial charge in [-0.05, 0) is 70.9 Å². The van der Waals surface area contributed by atoms with Gasteiger partial charge >= 0.3 is 11.9 Å². The molecule has 2 aliphatic heterocycles. The van der Waals surface area contributed by atoms with Crippen LogP contribution >= 0.6 is 0 Å². The first-order valence-corrected chi connectivity index (χ1v) is 43.0. The molecule has 2 heterocycles. The minimum absolute atomic E-state index is 0.152. The third-order valence-corrected chi connectivity index (χ3v) is 21.8. The van der Waals surface area contributed by atoms with Crippen LogP contribution in [-0.2, 0) is 101 Å². The van der Waals surface area contributed by atoms with Crippen molar-refractivity contribution >= 4 is 11.9 Å². The molecule has 109 heavy (non-hydrogen) atoms. The Labute approximate surface area is 657 Å². The molecule has 0 amide bonds. The topological polar surface area (TPSA) is 136 Å². The van der Waals surface area contributed by atoms with Crippen molar-refractivity contribution in [2.24, 2.45) is 11.8 Å². The Morgan fingerprint density at radius 3 is 0.725 bits per heavy atom. The standard InChI is InChI=1S/C96H138O13/c1-5-9-13-17-21-25-35-51-77(52-36-26-22-18-14-10-6-2)67-87(97)99-75-85-89(101-69-79-55-39-29-40-56-79)91(103-71-81-59-43-31-44-60-81)93(105-73-83-63-47-33-48-64-83)95(107-85)109-96-94(106-74-84-65-49-34-50-66-84)92(104-72-82-61-45-32-46-62-82)90(102-70-80-57-41-30-42-58-80)86(108-96)76-100-88(98)68-78(53-37-27-23-19-15-11-7-3)54-38-28-24-20-16-12-8-4/h29-34,39-50,55-66,77-78,85-86,89-96H,5-28,35-38,51-54,67-76H2,1-4H3/t85-,86-,89+,90+,91+,92+,93-,94-,95-,96-/m1/s1. The molecule has 2 fully saturated rings. The van der Waals surface area contributed by atoms with Crippen LogP contribution in [0.15, 0.2) is 182 Å². The number of hydrogen-bond donors (Lipinski definition) is 0. The molecular formula is C96H138O13. The van der Waals surface area contributed by atoms with Crippen LogP contribution in [0.5, 0.6) is 0 Å². The smallest absolute Gasteiger partial charge is 0.306 e. The van der Waals surface area contributed by atoms with E-state index in [0.29, 0.717) is 12.8 Å². The Kier molecular flexibility index (Phi) is 44.9. The van der Waals surface area contributed by atoms with Gasteiger partial charge in [-0.15, -0.1) is 0 Å². The van der Waals surface area contributed by atoms with E-state index < -0.39 is 61.4 Å². The number of benzene rings is 6. The summed E-state index contributed by atoms with van der Waals surface area (Å²) in [5, 5.41) is 0. The summed E-state index contributed by atoms with van der Waals surface area (Å²) >= 11 is 0. The SMILES string of the molecule is CCCCCCCCCC(CCCCCCCCC)CC(=O)OC[C@H]1O[C@H](O[C@H]2O[C@H](COC(=O)CC(CCCCCCCCC)CCCCCCCCC)[C@H](OCc3ccccc3)[C@H](OCc3ccccc3)[C@H]2OCc2ccccc2)[C@H](OCc2ccccc2)[C@@H](OCc2ccccc2)[C@H]1OCc1ccccc1. The summed E-state index contributed by atoms with van der Waals surface area (Å²) in [7, 11) is 0. The first kappa shape index (κ1) is 88.5. The Morgan fingerprint density at radius 1 is 0.275 bits per heavy atom. The van der Waals surface area contributed by atoms with E-state index >= 15 is 0 Å². The van der Waals surface area contributed by atoms with Gasteiger partial charge in [0, 0.05) is 12.8 Å². The first-order chi connectivity index (χ1) is 53.8. The fourth-order valence-electron chi connectivity index (χ4n) is 15.3. The minimum atomic E-state index is -1.29. The molecule has 10 atom stereocenters. The summed E-state index contributed by atoms with van der Waals surface area (Å²) in [5.74, 6) is -0.158. The Balaban J connectivity index is 1.17. The molecule has 6 aromatic carbocycles. The number of carbonyl (C=O) groups is 2. The monoisotopic (exact) mass is 1500 g/mol. The molecule has 13 heteroatoms. The van der Waals surface area contributed by atoms with E-state index in [1.165, 1.54) is 128 Å². The van der Waals surface area contributed by atoms with Crippen LogP contribution < -0.4 is 0 Å². The van der Waals surface area contributed by atoms with E-state index in [4.69, 9.17) is 52.1 Å². The van der Waals surface area contributed by atoms with Gasteiger partial charge in [0.05, 0.1) is 39.6 Å². The van der Waals surface area contributed by atoms with Gasteiger partial charge in [-0.3, -0.25) is 9.59 Å². The Bertz CT molecular complexity index is 2930. The molecule has 2 saturated heterocycles. The van der Waals surface area contributed by atoms with Gasteiger partial charge in [0.15, 0.2) is 12.6 Å². The molecular weight excluding hydrogens is 1360 g/mol. The van der Waals surface area contributed by atoms with Gasteiger partial charge in [-0.2, -0.15) is 0 Å². The number of esters is 2. The number of carbonyl (C=O) groups excluding carboxylic acids is 2. The van der Waals surface area contributed by atoms with Crippen LogP contribution in [0.3, 0.4) is 0 Å². The molecule has 0 unspecified atom stereocenters. The lowest BCUT2D eigenvalue weighted by Crippen LogP contribution is -2.66. The highest BCUT2D eigenvalue weighted by Crippen LogP contribution is 2.38. The van der Waals surface area contributed by atoms with Gasteiger partial charge in [0.1, 0.15) is 62.0 Å². The summed E-state index contributed by atoms with van der Waals surface area (Å²) in [6.45, 7) is 9.80. The molecule has 6 aromatic rings. The largest absolute Gasteiger partial charge is 0.463 e. The highest BCUT2D eigenvalue weighted by Gasteiger charge is 2.55. The minimum Gasteiger partial charge on any atom is -0.463 e. The van der Waals surface area contributed by atoms with E-state index in [1.807, 2.05) is 182 Å². The van der Waals surface area contributed by atoms with E-state index in [1.54, 1.807) is 0 Å². The van der Waals surface area contributed by atoms with Crippen molar-refractivity contribution < 1.29 is 61.7 Å². The number of unbranched alkanes of at least 4 members (excludes halogenated alkanes) is 24. The maximum absolute atomic E-state index is 14.8. The number of rotatable bonds is 60. The quantitative estimate of drug-likeness (QED) is 0.0265. The van der Waals surface area contributed by atoms with Crippen molar-refractivity contribution in [2.45, 2.75) is 347 Å². The normalized spacial score (nSPS) is 20.1. The van der Waals surface area contributed by atoms with Crippen molar-refractivity contribution in [2.75, 3.05) is 13.2 Å². The van der Waals surface area contributed by atoms with Gasteiger partial charge in [0.2, 0.25) is 0 Å². The van der Waals surface area contributed by atoms with Crippen molar-refractivity contribution in [1.82, 2.24) is 0 Å². The molecule has 8 rings (SSSR count). The highest BCUT2D eigenvalue weighted by molar-refractivity contribution is 5.70. The third-order valence-electron chi connectivity index (χ3n) is 21.8. The summed E-state index contributed by atoms with van der Waals surface area (Å²) < 4.78 is 79.1. The number of ether oxygens (including phenoxy) is 11. The van der Waals surface area contributed by atoms with Gasteiger partial charge in [0.25, 0.3) is 0 Å². The lowest BCUT2D eigenvalue weighted by molar-refractivity contribution is -0.393. The molecule has 13 nitrogen and oxygen atoms in total. The maximum Gasteiger partial charge on any atom is 0.306 e. The lowest BCUT2D eigenvalue weighted by Gasteiger charge is -2.49. The summed E-state index contributed by atoms with van der Waals surface area (Å²) in [5.41, 5.74) is 5.61. The second-order valence-corrected chi connectivity index (χ2v) is 30.9. The van der Waals surface area contributed by atoms with Crippen molar-refractivity contribution in [3.8, 4) is 0 Å². The highest BCUT2D eigenvalue weighted by atomic mass is 16.8. The lowest BCUT2D eigenvalue weighted by atomic mass is 9.91. The molecule has 0 aromatic heterocycles. The molecule has 0 bridgehead atoms. The van der Waals surface area contributed by atoms with Crippen LogP contribution in [0.1, 0.15) is 279 Å². The maximum atomic E-state index is 14.8. The van der Waals surface area contributed by atoms with Crippen LogP contribution in [0.25, 0.3) is 0 Å². The molecule has 0 spiro atoms. The predicted octanol–water partition coefficient (Wildman–Crippen LogP) is 23.6. The fraction of sp³-hybridized carbons (Fsp3) is 0.604. The Hall–Kier alpha value is -6.10. The number of hydrogen-bond acceptors (Lipinski definition) is 13. The van der Waals surface area contributed by atoms with Crippen LogP contribution in [0.4, 0.5) is 0 Å².